The highest BCUT2D eigenvalue weighted by molar-refractivity contribution is 9.10. The first-order valence-corrected chi connectivity index (χ1v) is 8.57. The van der Waals surface area contributed by atoms with Gasteiger partial charge in [-0.3, -0.25) is 0 Å². The van der Waals surface area contributed by atoms with Crippen LogP contribution in [-0.2, 0) is 0 Å². The Morgan fingerprint density at radius 1 is 1.38 bits per heavy atom. The fraction of sp³-hybridized carbons (Fsp3) is 0.375. The summed E-state index contributed by atoms with van der Waals surface area (Å²) in [7, 11) is 0. The Morgan fingerprint density at radius 2 is 2.19 bits per heavy atom. The predicted molar refractivity (Wildman–Crippen MR) is 91.1 cm³/mol. The number of thiophene rings is 1. The minimum absolute atomic E-state index is 0.241. The van der Waals surface area contributed by atoms with Gasteiger partial charge < -0.3 is 15.2 Å². The van der Waals surface area contributed by atoms with E-state index >= 15 is 0 Å². The number of aryl methyl sites for hydroxylation is 1. The fourth-order valence-electron chi connectivity index (χ4n) is 1.92. The Bertz CT molecular complexity index is 559. The standard InChI is InChI=1S/C16H20BrNO2S/c1-11-5-6-15(14(17)8-11)20-10-13(19)9-18-12(2)16-4-3-7-21-16/h3-8,12-13,18-19H,9-10H2,1-2H3/t12-,13?/m0/s1. The van der Waals surface area contributed by atoms with Crippen LogP contribution >= 0.6 is 27.3 Å². The Balaban J connectivity index is 1.75. The molecule has 1 heterocycles. The summed E-state index contributed by atoms with van der Waals surface area (Å²) in [6.07, 6.45) is -0.541. The molecule has 0 saturated heterocycles. The average Bonchev–Trinajstić information content (AvgIpc) is 2.98. The number of rotatable bonds is 7. The molecule has 0 spiro atoms. The van der Waals surface area contributed by atoms with Crippen molar-refractivity contribution in [3.8, 4) is 5.75 Å². The summed E-state index contributed by atoms with van der Waals surface area (Å²) < 4.78 is 6.55. The van der Waals surface area contributed by atoms with Gasteiger partial charge in [0, 0.05) is 17.5 Å². The maximum absolute atomic E-state index is 10.0. The number of hydrogen-bond donors (Lipinski definition) is 2. The molecule has 2 atom stereocenters. The average molecular weight is 370 g/mol. The van der Waals surface area contributed by atoms with Crippen molar-refractivity contribution in [3.63, 3.8) is 0 Å². The maximum atomic E-state index is 10.0. The van der Waals surface area contributed by atoms with Crippen molar-refractivity contribution < 1.29 is 9.84 Å². The van der Waals surface area contributed by atoms with E-state index in [0.29, 0.717) is 6.54 Å². The number of ether oxygens (including phenoxy) is 1. The molecule has 1 unspecified atom stereocenters. The van der Waals surface area contributed by atoms with Crippen LogP contribution in [0, 0.1) is 6.92 Å². The second-order valence-electron chi connectivity index (χ2n) is 5.04. The molecule has 0 saturated carbocycles. The summed E-state index contributed by atoms with van der Waals surface area (Å²) in [6, 6.07) is 10.3. The number of hydrogen-bond acceptors (Lipinski definition) is 4. The van der Waals surface area contributed by atoms with Gasteiger partial charge in [0.05, 0.1) is 4.47 Å². The molecule has 0 bridgehead atoms. The van der Waals surface area contributed by atoms with Crippen molar-refractivity contribution in [2.24, 2.45) is 0 Å². The molecule has 0 aliphatic rings. The van der Waals surface area contributed by atoms with E-state index in [1.165, 1.54) is 10.4 Å². The van der Waals surface area contributed by atoms with Gasteiger partial charge in [-0.2, -0.15) is 0 Å². The second kappa shape index (κ2) is 7.94. The number of nitrogens with one attached hydrogen (secondary N) is 1. The SMILES string of the molecule is Cc1ccc(OCC(O)CN[C@@H](C)c2cccs2)c(Br)c1. The van der Waals surface area contributed by atoms with Gasteiger partial charge in [0.15, 0.2) is 0 Å². The first-order chi connectivity index (χ1) is 10.1. The smallest absolute Gasteiger partial charge is 0.133 e. The van der Waals surface area contributed by atoms with Crippen LogP contribution in [0.1, 0.15) is 23.4 Å². The Kier molecular flexibility index (Phi) is 6.23. The normalized spacial score (nSPS) is 13.9. The summed E-state index contributed by atoms with van der Waals surface area (Å²) in [5.74, 6) is 0.756. The lowest BCUT2D eigenvalue weighted by atomic mass is 10.2. The monoisotopic (exact) mass is 369 g/mol. The van der Waals surface area contributed by atoms with E-state index in [4.69, 9.17) is 4.74 Å². The van der Waals surface area contributed by atoms with Crippen molar-refractivity contribution in [2.45, 2.75) is 26.0 Å². The van der Waals surface area contributed by atoms with Crippen LogP contribution in [0.5, 0.6) is 5.75 Å². The lowest BCUT2D eigenvalue weighted by Gasteiger charge is -2.17. The third-order valence-corrected chi connectivity index (χ3v) is 4.82. The minimum Gasteiger partial charge on any atom is -0.490 e. The lowest BCUT2D eigenvalue weighted by Crippen LogP contribution is -2.32. The summed E-state index contributed by atoms with van der Waals surface area (Å²) in [5, 5.41) is 15.4. The van der Waals surface area contributed by atoms with Crippen molar-refractivity contribution in [1.82, 2.24) is 5.32 Å². The van der Waals surface area contributed by atoms with Gasteiger partial charge in [0.2, 0.25) is 0 Å². The van der Waals surface area contributed by atoms with Gasteiger partial charge in [-0.25, -0.2) is 0 Å². The molecule has 114 valence electrons. The highest BCUT2D eigenvalue weighted by Gasteiger charge is 2.11. The highest BCUT2D eigenvalue weighted by atomic mass is 79.9. The van der Waals surface area contributed by atoms with E-state index < -0.39 is 6.10 Å². The zero-order chi connectivity index (χ0) is 15.2. The van der Waals surface area contributed by atoms with E-state index in [1.807, 2.05) is 31.2 Å². The van der Waals surface area contributed by atoms with Gasteiger partial charge in [-0.1, -0.05) is 12.1 Å². The summed E-state index contributed by atoms with van der Waals surface area (Å²) >= 11 is 5.18. The topological polar surface area (TPSA) is 41.5 Å². The van der Waals surface area contributed by atoms with Crippen LogP contribution in [-0.4, -0.2) is 24.4 Å². The molecule has 5 heteroatoms. The quantitative estimate of drug-likeness (QED) is 0.777. The maximum Gasteiger partial charge on any atom is 0.133 e. The van der Waals surface area contributed by atoms with Crippen molar-refractivity contribution in [3.05, 3.63) is 50.6 Å². The summed E-state index contributed by atoms with van der Waals surface area (Å²) in [5.41, 5.74) is 1.17. The zero-order valence-electron chi connectivity index (χ0n) is 12.2. The number of aliphatic hydroxyl groups is 1. The van der Waals surface area contributed by atoms with Crippen LogP contribution in [0.25, 0.3) is 0 Å². The molecule has 0 aliphatic heterocycles. The van der Waals surface area contributed by atoms with E-state index in [1.54, 1.807) is 11.3 Å². The van der Waals surface area contributed by atoms with Crippen LogP contribution in [0.15, 0.2) is 40.2 Å². The minimum atomic E-state index is -0.541. The molecular formula is C16H20BrNO2S. The van der Waals surface area contributed by atoms with Crippen LogP contribution in [0.3, 0.4) is 0 Å². The van der Waals surface area contributed by atoms with Crippen LogP contribution in [0.2, 0.25) is 0 Å². The van der Waals surface area contributed by atoms with E-state index in [-0.39, 0.29) is 12.6 Å². The predicted octanol–water partition coefficient (Wildman–Crippen LogP) is 3.91. The number of aliphatic hydroxyl groups excluding tert-OH is 1. The van der Waals surface area contributed by atoms with Crippen molar-refractivity contribution >= 4 is 27.3 Å². The first-order valence-electron chi connectivity index (χ1n) is 6.90. The Hall–Kier alpha value is -0.880. The van der Waals surface area contributed by atoms with E-state index in [0.717, 1.165) is 10.2 Å². The third-order valence-electron chi connectivity index (χ3n) is 3.15. The molecule has 2 rings (SSSR count). The molecule has 0 amide bonds. The molecule has 0 fully saturated rings. The number of halogens is 1. The number of benzene rings is 1. The summed E-state index contributed by atoms with van der Waals surface area (Å²) in [6.45, 7) is 4.89. The Morgan fingerprint density at radius 3 is 2.86 bits per heavy atom. The molecule has 3 nitrogen and oxygen atoms in total. The summed E-state index contributed by atoms with van der Waals surface area (Å²) in [4.78, 5) is 1.27. The lowest BCUT2D eigenvalue weighted by molar-refractivity contribution is 0.104. The van der Waals surface area contributed by atoms with Gasteiger partial charge in [-0.05, 0) is 58.9 Å². The van der Waals surface area contributed by atoms with Gasteiger partial charge in [-0.15, -0.1) is 11.3 Å². The van der Waals surface area contributed by atoms with Gasteiger partial charge in [0.1, 0.15) is 18.5 Å². The second-order valence-corrected chi connectivity index (χ2v) is 6.88. The molecular weight excluding hydrogens is 350 g/mol. The Labute approximate surface area is 138 Å². The molecule has 21 heavy (non-hydrogen) atoms. The molecule has 2 aromatic rings. The molecule has 1 aromatic carbocycles. The van der Waals surface area contributed by atoms with Gasteiger partial charge >= 0.3 is 0 Å². The third kappa shape index (κ3) is 5.11. The largest absolute Gasteiger partial charge is 0.490 e. The molecule has 2 N–H and O–H groups in total. The van der Waals surface area contributed by atoms with Crippen molar-refractivity contribution in [1.29, 1.82) is 0 Å². The molecule has 0 aliphatic carbocycles. The fourth-order valence-corrected chi connectivity index (χ4v) is 3.29. The van der Waals surface area contributed by atoms with Crippen LogP contribution < -0.4 is 10.1 Å². The molecule has 0 radical (unpaired) electrons. The molecule has 1 aromatic heterocycles. The first kappa shape index (κ1) is 16.5. The van der Waals surface area contributed by atoms with E-state index in [9.17, 15) is 5.11 Å². The van der Waals surface area contributed by atoms with Gasteiger partial charge in [0.25, 0.3) is 0 Å². The van der Waals surface area contributed by atoms with Crippen LogP contribution in [0.4, 0.5) is 0 Å². The zero-order valence-corrected chi connectivity index (χ0v) is 14.6. The van der Waals surface area contributed by atoms with E-state index in [2.05, 4.69) is 39.6 Å². The van der Waals surface area contributed by atoms with Crippen molar-refractivity contribution in [2.75, 3.05) is 13.2 Å². The highest BCUT2D eigenvalue weighted by Crippen LogP contribution is 2.25.